The van der Waals surface area contributed by atoms with E-state index in [1.165, 1.54) is 0 Å². The highest BCUT2D eigenvalue weighted by Gasteiger charge is 2.67. The second-order valence-electron chi connectivity index (χ2n) is 10.5. The first-order chi connectivity index (χ1) is 20.3. The summed E-state index contributed by atoms with van der Waals surface area (Å²) < 4.78 is 5.63. The molecule has 1 N–H and O–H groups in total. The average Bonchev–Trinajstić information content (AvgIpc) is 3.02. The van der Waals surface area contributed by atoms with Crippen LogP contribution in [0.4, 0.5) is 0 Å². The molecule has 4 aromatic rings. The minimum Gasteiger partial charge on any atom is -0.465 e. The van der Waals surface area contributed by atoms with E-state index < -0.39 is 40.5 Å². The molecule has 5 nitrogen and oxygen atoms in total. The van der Waals surface area contributed by atoms with E-state index in [2.05, 4.69) is 6.07 Å². The van der Waals surface area contributed by atoms with Crippen LogP contribution in [0.5, 0.6) is 0 Å². The summed E-state index contributed by atoms with van der Waals surface area (Å²) in [4.78, 5) is 28.9. The van der Waals surface area contributed by atoms with Gasteiger partial charge in [0.05, 0.1) is 18.6 Å². The molecule has 7 heteroatoms. The van der Waals surface area contributed by atoms with E-state index in [4.69, 9.17) is 27.9 Å². The second-order valence-corrected chi connectivity index (χ2v) is 11.4. The summed E-state index contributed by atoms with van der Waals surface area (Å²) in [6.07, 6.45) is -0.0989. The van der Waals surface area contributed by atoms with Crippen molar-refractivity contribution >= 4 is 35.0 Å². The average molecular weight is 599 g/mol. The van der Waals surface area contributed by atoms with Gasteiger partial charge in [0.15, 0.2) is 11.2 Å². The van der Waals surface area contributed by atoms with Gasteiger partial charge in [0.1, 0.15) is 5.60 Å². The van der Waals surface area contributed by atoms with Gasteiger partial charge in [-0.3, -0.25) is 9.59 Å². The third-order valence-electron chi connectivity index (χ3n) is 8.32. The van der Waals surface area contributed by atoms with Crippen LogP contribution in [0.25, 0.3) is 0 Å². The van der Waals surface area contributed by atoms with Gasteiger partial charge >= 0.3 is 5.97 Å². The number of aliphatic hydroxyl groups is 1. The van der Waals surface area contributed by atoms with Crippen LogP contribution in [-0.2, 0) is 15.1 Å². The number of benzene rings is 4. The molecule has 42 heavy (non-hydrogen) atoms. The summed E-state index contributed by atoms with van der Waals surface area (Å²) >= 11 is 12.4. The Morgan fingerprint density at radius 1 is 0.857 bits per heavy atom. The molecule has 0 spiro atoms. The number of hydrogen-bond donors (Lipinski definition) is 1. The largest absolute Gasteiger partial charge is 0.465 e. The van der Waals surface area contributed by atoms with Crippen LogP contribution in [-0.4, -0.2) is 23.5 Å². The van der Waals surface area contributed by atoms with Gasteiger partial charge in [0.2, 0.25) is 0 Å². The third kappa shape index (κ3) is 5.12. The fraction of sp³-hybridized carbons (Fsp3) is 0.229. The Kier molecular flexibility index (Phi) is 8.52. The summed E-state index contributed by atoms with van der Waals surface area (Å²) in [7, 11) is 0. The zero-order valence-electron chi connectivity index (χ0n) is 22.9. The van der Waals surface area contributed by atoms with E-state index in [-0.39, 0.29) is 13.0 Å². The molecule has 0 aromatic heterocycles. The lowest BCUT2D eigenvalue weighted by Gasteiger charge is -2.54. The molecule has 0 aliphatic heterocycles. The number of esters is 1. The van der Waals surface area contributed by atoms with Crippen molar-refractivity contribution < 1.29 is 19.4 Å². The van der Waals surface area contributed by atoms with Crippen molar-refractivity contribution in [1.29, 1.82) is 5.26 Å². The molecule has 0 unspecified atom stereocenters. The number of carbonyl (C=O) groups excluding carboxylic acids is 2. The van der Waals surface area contributed by atoms with Crippen molar-refractivity contribution in [3.8, 4) is 6.07 Å². The Labute approximate surface area is 255 Å². The third-order valence-corrected chi connectivity index (χ3v) is 8.82. The molecule has 212 valence electrons. The van der Waals surface area contributed by atoms with E-state index >= 15 is 0 Å². The number of ketones is 1. The number of rotatable bonds is 7. The molecule has 1 aliphatic rings. The van der Waals surface area contributed by atoms with Gasteiger partial charge in [0.25, 0.3) is 0 Å². The molecule has 1 fully saturated rings. The zero-order chi connectivity index (χ0) is 29.9. The zero-order valence-corrected chi connectivity index (χ0v) is 24.4. The van der Waals surface area contributed by atoms with Crippen LogP contribution in [0.1, 0.15) is 52.2 Å². The smallest absolute Gasteiger partial charge is 0.327 e. The molecular formula is C35H29Cl2NO4. The normalized spacial score (nSPS) is 25.3. The fourth-order valence-electron chi connectivity index (χ4n) is 6.45. The quantitative estimate of drug-likeness (QED) is 0.174. The van der Waals surface area contributed by atoms with Crippen molar-refractivity contribution in [1.82, 2.24) is 0 Å². The van der Waals surface area contributed by atoms with Crippen LogP contribution >= 0.6 is 23.2 Å². The first-order valence-corrected chi connectivity index (χ1v) is 14.5. The SMILES string of the molecule is CCOC(=O)[C@@]1(C#N)[C@@H](c2ccccc2)C[C@](O)(c2ccc(Cl)cc2)[C@H](C(=O)c2ccc(Cl)cc2)[C@@H]1c1ccccc1. The van der Waals surface area contributed by atoms with E-state index in [1.54, 1.807) is 79.7 Å². The van der Waals surface area contributed by atoms with Gasteiger partial charge in [-0.2, -0.15) is 5.26 Å². The highest BCUT2D eigenvalue weighted by molar-refractivity contribution is 6.31. The molecule has 0 radical (unpaired) electrons. The van der Waals surface area contributed by atoms with Crippen molar-refractivity contribution in [2.24, 2.45) is 11.3 Å². The van der Waals surface area contributed by atoms with E-state index in [0.29, 0.717) is 32.3 Å². The lowest BCUT2D eigenvalue weighted by atomic mass is 9.47. The molecule has 0 bridgehead atoms. The van der Waals surface area contributed by atoms with Crippen LogP contribution < -0.4 is 0 Å². The molecule has 0 saturated heterocycles. The Bertz CT molecular complexity index is 1600. The van der Waals surface area contributed by atoms with Crippen molar-refractivity contribution in [2.45, 2.75) is 30.8 Å². The minimum absolute atomic E-state index is 0.0442. The highest BCUT2D eigenvalue weighted by Crippen LogP contribution is 2.63. The highest BCUT2D eigenvalue weighted by atomic mass is 35.5. The summed E-state index contributed by atoms with van der Waals surface area (Å²) in [6.45, 7) is 1.73. The Balaban J connectivity index is 1.88. The predicted octanol–water partition coefficient (Wildman–Crippen LogP) is 7.72. The topological polar surface area (TPSA) is 87.4 Å². The van der Waals surface area contributed by atoms with Gasteiger partial charge in [-0.25, -0.2) is 0 Å². The summed E-state index contributed by atoms with van der Waals surface area (Å²) in [5, 5.41) is 25.0. The number of nitriles is 1. The van der Waals surface area contributed by atoms with Gasteiger partial charge in [-0.15, -0.1) is 0 Å². The van der Waals surface area contributed by atoms with Crippen LogP contribution in [0.2, 0.25) is 10.0 Å². The molecule has 5 rings (SSSR count). The second kappa shape index (κ2) is 12.1. The predicted molar refractivity (Wildman–Crippen MR) is 162 cm³/mol. The number of Topliss-reactive ketones (excluding diaryl/α,β-unsaturated/α-hetero) is 1. The first kappa shape index (κ1) is 29.5. The maximum atomic E-state index is 14.7. The fourth-order valence-corrected chi connectivity index (χ4v) is 6.70. The molecular weight excluding hydrogens is 569 g/mol. The van der Waals surface area contributed by atoms with Gasteiger partial charge in [-0.1, -0.05) is 96.0 Å². The number of nitrogens with zero attached hydrogens (tertiary/aromatic N) is 1. The minimum atomic E-state index is -1.86. The lowest BCUT2D eigenvalue weighted by Crippen LogP contribution is -2.59. The maximum Gasteiger partial charge on any atom is 0.327 e. The number of halogens is 2. The molecule has 0 amide bonds. The van der Waals surface area contributed by atoms with Gasteiger partial charge < -0.3 is 9.84 Å². The van der Waals surface area contributed by atoms with E-state index in [9.17, 15) is 20.0 Å². The standard InChI is InChI=1S/C35H29Cl2NO4/c1-2-42-33(40)34(22-38)29(23-9-5-3-6-10-23)21-35(41,26-15-19-28(37)20-16-26)31(30(34)24-11-7-4-8-12-24)32(39)25-13-17-27(36)18-14-25/h3-20,29-31,41H,2,21H2,1H3/t29-,30+,31+,34+,35+/m1/s1. The van der Waals surface area contributed by atoms with Crippen LogP contribution in [0.15, 0.2) is 109 Å². The van der Waals surface area contributed by atoms with Gasteiger partial charge in [0, 0.05) is 27.4 Å². The summed E-state index contributed by atoms with van der Waals surface area (Å²) in [5.41, 5.74) is -1.67. The number of hydrogen-bond acceptors (Lipinski definition) is 5. The lowest BCUT2D eigenvalue weighted by molar-refractivity contribution is -0.164. The van der Waals surface area contributed by atoms with Crippen molar-refractivity contribution in [2.75, 3.05) is 6.61 Å². The van der Waals surface area contributed by atoms with Crippen molar-refractivity contribution in [3.05, 3.63) is 141 Å². The molecule has 1 saturated carbocycles. The monoisotopic (exact) mass is 597 g/mol. The van der Waals surface area contributed by atoms with Crippen molar-refractivity contribution in [3.63, 3.8) is 0 Å². The molecule has 5 atom stereocenters. The van der Waals surface area contributed by atoms with Gasteiger partial charge in [-0.05, 0) is 66.4 Å². The number of ether oxygens (including phenoxy) is 1. The van der Waals surface area contributed by atoms with E-state index in [0.717, 1.165) is 0 Å². The Morgan fingerprint density at radius 2 is 1.38 bits per heavy atom. The summed E-state index contributed by atoms with van der Waals surface area (Å²) in [6, 6.07) is 33.6. The maximum absolute atomic E-state index is 14.7. The molecule has 1 aliphatic carbocycles. The summed E-state index contributed by atoms with van der Waals surface area (Å²) in [5.74, 6) is -4.34. The van der Waals surface area contributed by atoms with E-state index in [1.807, 2.05) is 36.4 Å². The number of carbonyl (C=O) groups is 2. The molecule has 0 heterocycles. The Hall–Kier alpha value is -3.95. The first-order valence-electron chi connectivity index (χ1n) is 13.7. The Morgan fingerprint density at radius 3 is 1.90 bits per heavy atom. The van der Waals surface area contributed by atoms with Crippen LogP contribution in [0.3, 0.4) is 0 Å². The van der Waals surface area contributed by atoms with Crippen LogP contribution in [0, 0.1) is 22.7 Å². The molecule has 4 aromatic carbocycles.